The van der Waals surface area contributed by atoms with Gasteiger partial charge in [0.15, 0.2) is 0 Å². The molecule has 4 rings (SSSR count). The number of anilines is 2. The smallest absolute Gasteiger partial charge is 0.231 e. The number of aryl methyl sites for hydroxylation is 1. The molecule has 6 nitrogen and oxygen atoms in total. The second-order valence-electron chi connectivity index (χ2n) is 6.22. The molecule has 0 bridgehead atoms. The van der Waals surface area contributed by atoms with Gasteiger partial charge in [-0.2, -0.15) is 0 Å². The Morgan fingerprint density at radius 2 is 2.16 bits per heavy atom. The van der Waals surface area contributed by atoms with E-state index >= 15 is 0 Å². The molecular formula is C18H16FN5O. The van der Waals surface area contributed by atoms with Crippen LogP contribution in [-0.2, 0) is 4.79 Å². The number of carbonyl (C=O) groups excluding carboxylic acids is 1. The fourth-order valence-corrected chi connectivity index (χ4v) is 2.80. The maximum Gasteiger partial charge on any atom is 0.231 e. The Morgan fingerprint density at radius 1 is 1.36 bits per heavy atom. The molecule has 3 N–H and O–H groups in total. The summed E-state index contributed by atoms with van der Waals surface area (Å²) < 4.78 is 13.0. The molecule has 0 radical (unpaired) electrons. The summed E-state index contributed by atoms with van der Waals surface area (Å²) in [6.45, 7) is 1.95. The van der Waals surface area contributed by atoms with Gasteiger partial charge in [-0.15, -0.1) is 0 Å². The number of nitrogens with zero attached hydrogens (tertiary/aromatic N) is 3. The minimum absolute atomic E-state index is 0.280. The molecule has 3 heterocycles. The van der Waals surface area contributed by atoms with E-state index in [0.29, 0.717) is 17.0 Å². The summed E-state index contributed by atoms with van der Waals surface area (Å²) in [6, 6.07) is 5.49. The third-order valence-corrected chi connectivity index (χ3v) is 4.34. The van der Waals surface area contributed by atoms with Crippen LogP contribution in [-0.4, -0.2) is 27.0 Å². The van der Waals surface area contributed by atoms with E-state index < -0.39 is 12.1 Å². The lowest BCUT2D eigenvalue weighted by Crippen LogP contribution is -2.15. The number of halogens is 1. The fraction of sp³-hybridized carbons (Fsp3) is 0.222. The van der Waals surface area contributed by atoms with Crippen molar-refractivity contribution in [1.29, 1.82) is 0 Å². The van der Waals surface area contributed by atoms with Gasteiger partial charge >= 0.3 is 0 Å². The SMILES string of the molecule is Cc1cnccc1-c1cc2cc(NC(=O)[C@H]3C[C@H]3F)ncc2c(N)n1. The summed E-state index contributed by atoms with van der Waals surface area (Å²) in [6.07, 6.45) is 4.27. The van der Waals surface area contributed by atoms with Crippen LogP contribution in [0.4, 0.5) is 16.0 Å². The predicted molar refractivity (Wildman–Crippen MR) is 93.6 cm³/mol. The molecule has 0 aromatic carbocycles. The molecule has 1 fully saturated rings. The quantitative estimate of drug-likeness (QED) is 0.766. The Morgan fingerprint density at radius 3 is 2.88 bits per heavy atom. The van der Waals surface area contributed by atoms with Crippen molar-refractivity contribution in [3.05, 3.63) is 42.4 Å². The minimum Gasteiger partial charge on any atom is -0.383 e. The second kappa shape index (κ2) is 5.77. The largest absolute Gasteiger partial charge is 0.383 e. The summed E-state index contributed by atoms with van der Waals surface area (Å²) in [7, 11) is 0. The Kier molecular flexibility index (Phi) is 3.56. The number of amides is 1. The van der Waals surface area contributed by atoms with Crippen molar-refractivity contribution >= 4 is 28.3 Å². The van der Waals surface area contributed by atoms with Crippen LogP contribution in [0, 0.1) is 12.8 Å². The zero-order chi connectivity index (χ0) is 17.6. The molecule has 3 aromatic heterocycles. The lowest BCUT2D eigenvalue weighted by Gasteiger charge is -2.10. The maximum atomic E-state index is 13.0. The number of fused-ring (bicyclic) bond motifs is 1. The molecule has 3 aromatic rings. The van der Waals surface area contributed by atoms with Crippen LogP contribution in [0.5, 0.6) is 0 Å². The summed E-state index contributed by atoms with van der Waals surface area (Å²) in [4.78, 5) is 24.6. The summed E-state index contributed by atoms with van der Waals surface area (Å²) in [5.41, 5.74) is 8.71. The average Bonchev–Trinajstić information content (AvgIpc) is 3.32. The van der Waals surface area contributed by atoms with Crippen molar-refractivity contribution in [2.45, 2.75) is 19.5 Å². The number of hydrogen-bond donors (Lipinski definition) is 2. The van der Waals surface area contributed by atoms with Gasteiger partial charge in [-0.1, -0.05) is 0 Å². The van der Waals surface area contributed by atoms with Crippen molar-refractivity contribution in [1.82, 2.24) is 15.0 Å². The van der Waals surface area contributed by atoms with Crippen LogP contribution in [0.2, 0.25) is 0 Å². The Hall–Kier alpha value is -3.09. The Labute approximate surface area is 143 Å². The molecule has 1 saturated carbocycles. The lowest BCUT2D eigenvalue weighted by molar-refractivity contribution is -0.117. The number of aromatic nitrogens is 3. The molecule has 1 amide bonds. The number of nitrogen functional groups attached to an aromatic ring is 1. The first-order chi connectivity index (χ1) is 12.0. The number of pyridine rings is 3. The highest BCUT2D eigenvalue weighted by Crippen LogP contribution is 2.35. The topological polar surface area (TPSA) is 93.8 Å². The number of nitrogens with two attached hydrogens (primary N) is 1. The van der Waals surface area contributed by atoms with Crippen molar-refractivity contribution in [3.8, 4) is 11.3 Å². The normalized spacial score (nSPS) is 19.0. The predicted octanol–water partition coefficient (Wildman–Crippen LogP) is 2.88. The summed E-state index contributed by atoms with van der Waals surface area (Å²) >= 11 is 0. The van der Waals surface area contributed by atoms with Crippen LogP contribution in [0.25, 0.3) is 22.0 Å². The van der Waals surface area contributed by atoms with Gasteiger partial charge in [0.1, 0.15) is 17.8 Å². The average molecular weight is 337 g/mol. The zero-order valence-electron chi connectivity index (χ0n) is 13.5. The Balaban J connectivity index is 1.73. The maximum absolute atomic E-state index is 13.0. The first-order valence-electron chi connectivity index (χ1n) is 7.95. The van der Waals surface area contributed by atoms with Crippen molar-refractivity contribution in [2.75, 3.05) is 11.1 Å². The molecule has 0 unspecified atom stereocenters. The van der Waals surface area contributed by atoms with Gasteiger partial charge in [0, 0.05) is 29.5 Å². The first kappa shape index (κ1) is 15.4. The highest BCUT2D eigenvalue weighted by Gasteiger charge is 2.43. The van der Waals surface area contributed by atoms with Crippen LogP contribution < -0.4 is 11.1 Å². The van der Waals surface area contributed by atoms with Crippen LogP contribution in [0.15, 0.2) is 36.8 Å². The zero-order valence-corrected chi connectivity index (χ0v) is 13.5. The molecular weight excluding hydrogens is 321 g/mol. The minimum atomic E-state index is -1.04. The monoisotopic (exact) mass is 337 g/mol. The van der Waals surface area contributed by atoms with Crippen molar-refractivity contribution in [2.24, 2.45) is 5.92 Å². The van der Waals surface area contributed by atoms with E-state index in [2.05, 4.69) is 20.3 Å². The number of nitrogens with one attached hydrogen (secondary N) is 1. The van der Waals surface area contributed by atoms with Gasteiger partial charge in [0.25, 0.3) is 0 Å². The summed E-state index contributed by atoms with van der Waals surface area (Å²) in [5.74, 6) is -0.165. The lowest BCUT2D eigenvalue weighted by atomic mass is 10.1. The van der Waals surface area contributed by atoms with Crippen LogP contribution in [0.1, 0.15) is 12.0 Å². The van der Waals surface area contributed by atoms with Crippen LogP contribution in [0.3, 0.4) is 0 Å². The van der Waals surface area contributed by atoms with E-state index in [0.717, 1.165) is 22.2 Å². The number of hydrogen-bond acceptors (Lipinski definition) is 5. The van der Waals surface area contributed by atoms with Gasteiger partial charge in [-0.3, -0.25) is 9.78 Å². The molecule has 2 atom stereocenters. The van der Waals surface area contributed by atoms with E-state index in [-0.39, 0.29) is 12.3 Å². The third kappa shape index (κ3) is 2.88. The molecule has 0 spiro atoms. The number of alkyl halides is 1. The fourth-order valence-electron chi connectivity index (χ4n) is 2.80. The third-order valence-electron chi connectivity index (χ3n) is 4.34. The molecule has 0 aliphatic heterocycles. The van der Waals surface area contributed by atoms with Gasteiger partial charge in [-0.05, 0) is 42.5 Å². The van der Waals surface area contributed by atoms with E-state index in [1.54, 1.807) is 24.7 Å². The highest BCUT2D eigenvalue weighted by atomic mass is 19.1. The number of carbonyl (C=O) groups is 1. The van der Waals surface area contributed by atoms with Crippen LogP contribution >= 0.6 is 0 Å². The summed E-state index contributed by atoms with van der Waals surface area (Å²) in [5, 5.41) is 4.16. The van der Waals surface area contributed by atoms with Gasteiger partial charge in [0.05, 0.1) is 11.6 Å². The standard InChI is InChI=1S/C18H16FN5O/c1-9-7-21-3-2-11(9)15-4-10-5-16(22-8-13(10)17(20)23-15)24-18(25)12-6-14(12)19/h2-5,7-8,12,14H,6H2,1H3,(H2,20,23)(H,22,24,25)/t12-,14+/m0/s1. The van der Waals surface area contributed by atoms with Crippen molar-refractivity contribution in [3.63, 3.8) is 0 Å². The highest BCUT2D eigenvalue weighted by molar-refractivity contribution is 5.98. The Bertz CT molecular complexity index is 990. The molecule has 25 heavy (non-hydrogen) atoms. The van der Waals surface area contributed by atoms with E-state index in [1.807, 2.05) is 19.1 Å². The van der Waals surface area contributed by atoms with Gasteiger partial charge in [0.2, 0.25) is 5.91 Å². The molecule has 7 heteroatoms. The van der Waals surface area contributed by atoms with E-state index in [4.69, 9.17) is 5.73 Å². The molecule has 126 valence electrons. The molecule has 1 aliphatic carbocycles. The second-order valence-corrected chi connectivity index (χ2v) is 6.22. The molecule has 1 aliphatic rings. The molecule has 0 saturated heterocycles. The first-order valence-corrected chi connectivity index (χ1v) is 7.95. The van der Waals surface area contributed by atoms with Gasteiger partial charge < -0.3 is 11.1 Å². The van der Waals surface area contributed by atoms with Gasteiger partial charge in [-0.25, -0.2) is 14.4 Å². The number of rotatable bonds is 3. The van der Waals surface area contributed by atoms with E-state index in [1.165, 1.54) is 0 Å². The van der Waals surface area contributed by atoms with E-state index in [9.17, 15) is 9.18 Å². The van der Waals surface area contributed by atoms with Crippen molar-refractivity contribution < 1.29 is 9.18 Å².